The zero-order valence-corrected chi connectivity index (χ0v) is 16.6. The molecule has 0 unspecified atom stereocenters. The molecule has 32 heavy (non-hydrogen) atoms. The lowest BCUT2D eigenvalue weighted by Gasteiger charge is -2.14. The number of alkyl halides is 5. The quantitative estimate of drug-likeness (QED) is 0.485. The van der Waals surface area contributed by atoms with Crippen molar-refractivity contribution in [2.24, 2.45) is 0 Å². The average molecular weight is 476 g/mol. The number of rotatable bonds is 5. The molecule has 0 aliphatic carbocycles. The van der Waals surface area contributed by atoms with Gasteiger partial charge in [-0.1, -0.05) is 17.7 Å². The fourth-order valence-electron chi connectivity index (χ4n) is 2.64. The Morgan fingerprint density at radius 3 is 2.38 bits per heavy atom. The fraction of sp³-hybridized carbons (Fsp3) is 0.158. The molecule has 0 bridgehead atoms. The summed E-state index contributed by atoms with van der Waals surface area (Å²) < 4.78 is 68.5. The van der Waals surface area contributed by atoms with Crippen LogP contribution in [0, 0.1) is 6.92 Å². The number of hydrogen-bond acceptors (Lipinski definition) is 5. The molecule has 0 aliphatic heterocycles. The van der Waals surface area contributed by atoms with E-state index in [4.69, 9.17) is 11.6 Å². The van der Waals surface area contributed by atoms with Crippen LogP contribution in [0.2, 0.25) is 5.02 Å². The molecule has 1 amide bonds. The third kappa shape index (κ3) is 4.26. The Morgan fingerprint density at radius 1 is 1.09 bits per heavy atom. The summed E-state index contributed by atoms with van der Waals surface area (Å²) in [7, 11) is 0. The van der Waals surface area contributed by atoms with Gasteiger partial charge in [-0.3, -0.25) is 4.79 Å². The van der Waals surface area contributed by atoms with Crippen molar-refractivity contribution in [1.29, 1.82) is 0 Å². The van der Waals surface area contributed by atoms with Crippen molar-refractivity contribution < 1.29 is 41.1 Å². The molecule has 7 nitrogen and oxygen atoms in total. The number of halogens is 6. The SMILES string of the molecule is Cc1cc(-c2nnc(C(F)(F)C(F)(F)F)o2)ccc1NC(=O)c1c(Cl)cccc1C(=O)O. The minimum Gasteiger partial charge on any atom is -0.478 e. The van der Waals surface area contributed by atoms with Crippen LogP contribution in [0.5, 0.6) is 0 Å². The van der Waals surface area contributed by atoms with Gasteiger partial charge in [-0.15, -0.1) is 10.2 Å². The van der Waals surface area contributed by atoms with Gasteiger partial charge in [0.1, 0.15) is 0 Å². The summed E-state index contributed by atoms with van der Waals surface area (Å²) in [5.74, 6) is -10.0. The van der Waals surface area contributed by atoms with Crippen LogP contribution in [0.4, 0.5) is 27.6 Å². The first-order valence-electron chi connectivity index (χ1n) is 8.55. The Kier molecular flexibility index (Phi) is 5.92. The van der Waals surface area contributed by atoms with E-state index in [1.807, 2.05) is 0 Å². The third-order valence-corrected chi connectivity index (χ3v) is 4.56. The fourth-order valence-corrected chi connectivity index (χ4v) is 2.90. The lowest BCUT2D eigenvalue weighted by atomic mass is 10.1. The number of anilines is 1. The highest BCUT2D eigenvalue weighted by atomic mass is 35.5. The van der Waals surface area contributed by atoms with Gasteiger partial charge in [-0.25, -0.2) is 4.79 Å². The number of aromatic nitrogens is 2. The van der Waals surface area contributed by atoms with E-state index in [9.17, 15) is 36.6 Å². The Balaban J connectivity index is 1.88. The number of carboxylic acids is 1. The Morgan fingerprint density at radius 2 is 1.78 bits per heavy atom. The summed E-state index contributed by atoms with van der Waals surface area (Å²) in [5.41, 5.74) is -0.0620. The van der Waals surface area contributed by atoms with E-state index >= 15 is 0 Å². The highest BCUT2D eigenvalue weighted by Gasteiger charge is 2.63. The number of nitrogens with zero attached hydrogens (tertiary/aromatic N) is 2. The van der Waals surface area contributed by atoms with Gasteiger partial charge in [0.25, 0.3) is 11.8 Å². The molecular formula is C19H11ClF5N3O4. The second kappa shape index (κ2) is 8.19. The number of aromatic carboxylic acids is 1. The first-order chi connectivity index (χ1) is 14.8. The van der Waals surface area contributed by atoms with E-state index in [1.54, 1.807) is 0 Å². The second-order valence-corrected chi connectivity index (χ2v) is 6.84. The largest absolute Gasteiger partial charge is 0.478 e. The second-order valence-electron chi connectivity index (χ2n) is 6.44. The molecule has 1 aromatic heterocycles. The van der Waals surface area contributed by atoms with Crippen molar-refractivity contribution >= 4 is 29.2 Å². The summed E-state index contributed by atoms with van der Waals surface area (Å²) in [4.78, 5) is 23.9. The van der Waals surface area contributed by atoms with Crippen LogP contribution in [0.1, 0.15) is 32.2 Å². The van der Waals surface area contributed by atoms with E-state index in [0.717, 1.165) is 0 Å². The van der Waals surface area contributed by atoms with Crippen LogP contribution in [0.3, 0.4) is 0 Å². The summed E-state index contributed by atoms with van der Waals surface area (Å²) in [6.45, 7) is 1.49. The summed E-state index contributed by atoms with van der Waals surface area (Å²) in [5, 5.41) is 17.6. The molecule has 0 radical (unpaired) electrons. The molecular weight excluding hydrogens is 465 g/mol. The van der Waals surface area contributed by atoms with Crippen LogP contribution >= 0.6 is 11.6 Å². The van der Waals surface area contributed by atoms with E-state index < -0.39 is 35.8 Å². The predicted octanol–water partition coefficient (Wildman–Crippen LogP) is 5.30. The molecule has 0 atom stereocenters. The highest BCUT2D eigenvalue weighted by molar-refractivity contribution is 6.35. The maximum atomic E-state index is 13.3. The lowest BCUT2D eigenvalue weighted by molar-refractivity contribution is -0.297. The molecule has 0 saturated carbocycles. The maximum absolute atomic E-state index is 13.3. The van der Waals surface area contributed by atoms with E-state index in [0.29, 0.717) is 5.56 Å². The molecule has 168 valence electrons. The number of nitrogens with one attached hydrogen (secondary N) is 1. The van der Waals surface area contributed by atoms with Gasteiger partial charge < -0.3 is 14.8 Å². The minimum absolute atomic E-state index is 0.0150. The van der Waals surface area contributed by atoms with Gasteiger partial charge in [0.05, 0.1) is 16.1 Å². The molecule has 0 saturated heterocycles. The normalized spacial score (nSPS) is 12.0. The smallest absolute Gasteiger partial charge is 0.463 e. The first kappa shape index (κ1) is 23.1. The zero-order valence-electron chi connectivity index (χ0n) is 15.8. The van der Waals surface area contributed by atoms with Gasteiger partial charge in [-0.05, 0) is 42.8 Å². The number of aryl methyl sites for hydroxylation is 1. The van der Waals surface area contributed by atoms with E-state index in [2.05, 4.69) is 19.9 Å². The number of benzene rings is 2. The first-order valence-corrected chi connectivity index (χ1v) is 8.93. The maximum Gasteiger partial charge on any atom is 0.463 e. The average Bonchev–Trinajstić information content (AvgIpc) is 3.19. The zero-order chi connectivity index (χ0) is 23.8. The Hall–Kier alpha value is -3.54. The number of carbonyl (C=O) groups is 2. The molecule has 0 fully saturated rings. The minimum atomic E-state index is -5.91. The summed E-state index contributed by atoms with van der Waals surface area (Å²) in [6.07, 6.45) is -5.91. The molecule has 1 heterocycles. The molecule has 0 spiro atoms. The monoisotopic (exact) mass is 475 g/mol. The number of carbonyl (C=O) groups excluding carboxylic acids is 1. The van der Waals surface area contributed by atoms with Crippen LogP contribution in [0.15, 0.2) is 40.8 Å². The van der Waals surface area contributed by atoms with Gasteiger partial charge in [-0.2, -0.15) is 22.0 Å². The van der Waals surface area contributed by atoms with Crippen LogP contribution in [-0.2, 0) is 5.92 Å². The molecule has 13 heteroatoms. The van der Waals surface area contributed by atoms with Crippen molar-refractivity contribution in [3.63, 3.8) is 0 Å². The number of hydrogen-bond donors (Lipinski definition) is 2. The van der Waals surface area contributed by atoms with Crippen molar-refractivity contribution in [3.05, 3.63) is 64.0 Å². The summed E-state index contributed by atoms with van der Waals surface area (Å²) in [6, 6.07) is 7.72. The molecule has 3 aromatic rings. The standard InChI is InChI=1S/C19H11ClF5N3O4/c1-8-7-9(15-27-28-17(32-15)18(21,22)19(23,24)25)5-6-12(8)26-14(29)13-10(16(30)31)3-2-4-11(13)20/h2-7H,1H3,(H,26,29)(H,30,31). The van der Waals surface area contributed by atoms with Gasteiger partial charge >= 0.3 is 18.1 Å². The third-order valence-electron chi connectivity index (χ3n) is 4.24. The molecule has 3 rings (SSSR count). The topological polar surface area (TPSA) is 105 Å². The van der Waals surface area contributed by atoms with Crippen molar-refractivity contribution in [1.82, 2.24) is 10.2 Å². The summed E-state index contributed by atoms with van der Waals surface area (Å²) >= 11 is 5.96. The highest BCUT2D eigenvalue weighted by Crippen LogP contribution is 2.43. The van der Waals surface area contributed by atoms with Gasteiger partial charge in [0.2, 0.25) is 5.89 Å². The lowest BCUT2D eigenvalue weighted by Crippen LogP contribution is -2.34. The number of carboxylic acid groups (broad SMARTS) is 1. The van der Waals surface area contributed by atoms with Crippen LogP contribution in [0.25, 0.3) is 11.5 Å². The van der Waals surface area contributed by atoms with E-state index in [1.165, 1.54) is 43.3 Å². The van der Waals surface area contributed by atoms with Crippen molar-refractivity contribution in [2.75, 3.05) is 5.32 Å². The Bertz CT molecular complexity index is 1210. The van der Waals surface area contributed by atoms with Gasteiger partial charge in [0, 0.05) is 11.3 Å². The predicted molar refractivity (Wildman–Crippen MR) is 101 cm³/mol. The van der Waals surface area contributed by atoms with Gasteiger partial charge in [0.15, 0.2) is 0 Å². The number of amides is 1. The molecule has 0 aliphatic rings. The Labute approximate surface area is 180 Å². The molecule has 2 N–H and O–H groups in total. The van der Waals surface area contributed by atoms with E-state index in [-0.39, 0.29) is 27.4 Å². The van der Waals surface area contributed by atoms with Crippen LogP contribution in [-0.4, -0.2) is 33.4 Å². The van der Waals surface area contributed by atoms with Crippen molar-refractivity contribution in [2.45, 2.75) is 19.0 Å². The molecule has 2 aromatic carbocycles. The van der Waals surface area contributed by atoms with Crippen LogP contribution < -0.4 is 5.32 Å². The van der Waals surface area contributed by atoms with Crippen molar-refractivity contribution in [3.8, 4) is 11.5 Å².